The zero-order chi connectivity index (χ0) is 15.3. The van der Waals surface area contributed by atoms with E-state index in [0.717, 1.165) is 15.7 Å². The summed E-state index contributed by atoms with van der Waals surface area (Å²) in [5, 5.41) is 1.28. The van der Waals surface area contributed by atoms with Gasteiger partial charge in [-0.15, -0.1) is 0 Å². The quantitative estimate of drug-likeness (QED) is 0.540. The smallest absolute Gasteiger partial charge is 0.267 e. The van der Waals surface area contributed by atoms with Gasteiger partial charge in [-0.2, -0.15) is 0 Å². The molecule has 5 heteroatoms. The third kappa shape index (κ3) is 1.94. The molecule has 0 bridgehead atoms. The molecule has 0 amide bonds. The molecular formula is C17H13N3OS. The van der Waals surface area contributed by atoms with Crippen LogP contribution in [0.1, 0.15) is 11.4 Å². The first-order chi connectivity index (χ1) is 10.6. The molecule has 0 unspecified atom stereocenters. The van der Waals surface area contributed by atoms with Gasteiger partial charge in [0, 0.05) is 0 Å². The predicted molar refractivity (Wildman–Crippen MR) is 90.0 cm³/mol. The lowest BCUT2D eigenvalue weighted by molar-refractivity contribution is 0.888. The zero-order valence-corrected chi connectivity index (χ0v) is 13.0. The number of aromatic nitrogens is 3. The van der Waals surface area contributed by atoms with Gasteiger partial charge in [0.1, 0.15) is 5.82 Å². The molecule has 2 heterocycles. The highest BCUT2D eigenvalue weighted by Crippen LogP contribution is 2.26. The molecule has 0 radical (unpaired) electrons. The van der Waals surface area contributed by atoms with Crippen molar-refractivity contribution in [1.82, 2.24) is 14.5 Å². The molecule has 0 aliphatic heterocycles. The number of hydrogen-bond donors (Lipinski definition) is 0. The minimum absolute atomic E-state index is 0.0705. The summed E-state index contributed by atoms with van der Waals surface area (Å²) in [6, 6.07) is 13.5. The summed E-state index contributed by atoms with van der Waals surface area (Å²) < 4.78 is 2.68. The minimum Gasteiger partial charge on any atom is -0.268 e. The van der Waals surface area contributed by atoms with Crippen molar-refractivity contribution >= 4 is 32.5 Å². The van der Waals surface area contributed by atoms with Crippen molar-refractivity contribution in [3.8, 4) is 5.13 Å². The van der Waals surface area contributed by atoms with Crippen LogP contribution in [0.15, 0.2) is 47.3 Å². The van der Waals surface area contributed by atoms with Crippen molar-refractivity contribution in [3.63, 3.8) is 0 Å². The summed E-state index contributed by atoms with van der Waals surface area (Å²) in [4.78, 5) is 21.9. The van der Waals surface area contributed by atoms with Crippen LogP contribution in [0.4, 0.5) is 0 Å². The molecule has 0 aliphatic rings. The Morgan fingerprint density at radius 3 is 2.68 bits per heavy atom. The first-order valence-electron chi connectivity index (χ1n) is 6.99. The zero-order valence-electron chi connectivity index (χ0n) is 12.2. The van der Waals surface area contributed by atoms with Crippen molar-refractivity contribution < 1.29 is 0 Å². The molecule has 4 aromatic rings. The second-order valence-corrected chi connectivity index (χ2v) is 6.29. The van der Waals surface area contributed by atoms with E-state index in [2.05, 4.69) is 16.0 Å². The Hall–Kier alpha value is -2.53. The van der Waals surface area contributed by atoms with E-state index >= 15 is 0 Å². The SMILES string of the molecule is Cc1ccc2nc(-n3c(C)nc4ccccc4c3=O)sc2c1. The molecule has 0 fully saturated rings. The van der Waals surface area contributed by atoms with Crippen LogP contribution in [-0.2, 0) is 0 Å². The number of rotatable bonds is 1. The largest absolute Gasteiger partial charge is 0.268 e. The first-order valence-corrected chi connectivity index (χ1v) is 7.81. The van der Waals surface area contributed by atoms with Gasteiger partial charge in [0.25, 0.3) is 5.56 Å². The van der Waals surface area contributed by atoms with Crippen LogP contribution in [0.3, 0.4) is 0 Å². The molecule has 0 N–H and O–H groups in total. The summed E-state index contributed by atoms with van der Waals surface area (Å²) >= 11 is 1.51. The van der Waals surface area contributed by atoms with Gasteiger partial charge >= 0.3 is 0 Å². The highest BCUT2D eigenvalue weighted by molar-refractivity contribution is 7.20. The fraction of sp³-hybridized carbons (Fsp3) is 0.118. The van der Waals surface area contributed by atoms with Crippen molar-refractivity contribution in [1.29, 1.82) is 0 Å². The maximum atomic E-state index is 12.8. The fourth-order valence-electron chi connectivity index (χ4n) is 2.58. The van der Waals surface area contributed by atoms with E-state index in [1.54, 1.807) is 10.6 Å². The summed E-state index contributed by atoms with van der Waals surface area (Å²) in [5.74, 6) is 0.652. The molecular weight excluding hydrogens is 294 g/mol. The molecule has 0 aliphatic carbocycles. The predicted octanol–water partition coefficient (Wildman–Crippen LogP) is 3.61. The Kier molecular flexibility index (Phi) is 2.84. The van der Waals surface area contributed by atoms with Crippen LogP contribution in [0.25, 0.3) is 26.3 Å². The average molecular weight is 307 g/mol. The first kappa shape index (κ1) is 13.2. The maximum Gasteiger partial charge on any atom is 0.267 e. The normalized spacial score (nSPS) is 11.4. The average Bonchev–Trinajstić information content (AvgIpc) is 2.89. The summed E-state index contributed by atoms with van der Waals surface area (Å²) in [7, 11) is 0. The van der Waals surface area contributed by atoms with Gasteiger partial charge in [-0.25, -0.2) is 14.5 Å². The van der Waals surface area contributed by atoms with Crippen LogP contribution in [0.2, 0.25) is 0 Å². The lowest BCUT2D eigenvalue weighted by Crippen LogP contribution is -2.22. The van der Waals surface area contributed by atoms with Gasteiger partial charge in [0.2, 0.25) is 0 Å². The standard InChI is InChI=1S/C17H13N3OS/c1-10-7-8-14-15(9-10)22-17(19-14)20-11(2)18-13-6-4-3-5-12(13)16(20)21/h3-9H,1-2H3. The van der Waals surface area contributed by atoms with Gasteiger partial charge in [-0.1, -0.05) is 29.5 Å². The Balaban J connectivity index is 2.05. The molecule has 0 atom stereocenters. The van der Waals surface area contributed by atoms with Crippen LogP contribution in [0.5, 0.6) is 0 Å². The van der Waals surface area contributed by atoms with Crippen molar-refractivity contribution in [3.05, 3.63) is 64.2 Å². The van der Waals surface area contributed by atoms with E-state index in [1.165, 1.54) is 16.9 Å². The molecule has 4 rings (SSSR count). The molecule has 0 saturated carbocycles. The van der Waals surface area contributed by atoms with Gasteiger partial charge in [0.05, 0.1) is 21.1 Å². The second kappa shape index (κ2) is 4.74. The molecule has 2 aromatic carbocycles. The van der Waals surface area contributed by atoms with E-state index < -0.39 is 0 Å². The molecule has 2 aromatic heterocycles. The van der Waals surface area contributed by atoms with E-state index in [9.17, 15) is 4.79 Å². The third-order valence-electron chi connectivity index (χ3n) is 3.67. The number of para-hydroxylation sites is 1. The lowest BCUT2D eigenvalue weighted by atomic mass is 10.2. The summed E-state index contributed by atoms with van der Waals surface area (Å²) in [6.45, 7) is 3.89. The number of hydrogen-bond acceptors (Lipinski definition) is 4. The number of nitrogens with zero attached hydrogens (tertiary/aromatic N) is 3. The highest BCUT2D eigenvalue weighted by atomic mass is 32.1. The van der Waals surface area contributed by atoms with Crippen molar-refractivity contribution in [2.75, 3.05) is 0 Å². The van der Waals surface area contributed by atoms with Crippen LogP contribution in [0, 0.1) is 13.8 Å². The topological polar surface area (TPSA) is 47.8 Å². The third-order valence-corrected chi connectivity index (χ3v) is 4.67. The number of thiazole rings is 1. The van der Waals surface area contributed by atoms with Crippen molar-refractivity contribution in [2.45, 2.75) is 13.8 Å². The summed E-state index contributed by atoms with van der Waals surface area (Å²) in [6.07, 6.45) is 0. The Morgan fingerprint density at radius 2 is 1.82 bits per heavy atom. The van der Waals surface area contributed by atoms with Gasteiger partial charge in [0.15, 0.2) is 5.13 Å². The van der Waals surface area contributed by atoms with Gasteiger partial charge < -0.3 is 0 Å². The summed E-state index contributed by atoms with van der Waals surface area (Å²) in [5.41, 5.74) is 2.74. The molecule has 108 valence electrons. The van der Waals surface area contributed by atoms with E-state index in [0.29, 0.717) is 16.3 Å². The maximum absolute atomic E-state index is 12.8. The van der Waals surface area contributed by atoms with Crippen LogP contribution >= 0.6 is 11.3 Å². The van der Waals surface area contributed by atoms with Crippen LogP contribution in [-0.4, -0.2) is 14.5 Å². The monoisotopic (exact) mass is 307 g/mol. The van der Waals surface area contributed by atoms with Crippen LogP contribution < -0.4 is 5.56 Å². The van der Waals surface area contributed by atoms with Crippen molar-refractivity contribution in [2.24, 2.45) is 0 Å². The lowest BCUT2D eigenvalue weighted by Gasteiger charge is -2.07. The molecule has 0 saturated heterocycles. The highest BCUT2D eigenvalue weighted by Gasteiger charge is 2.13. The molecule has 0 spiro atoms. The van der Waals surface area contributed by atoms with E-state index in [-0.39, 0.29) is 5.56 Å². The van der Waals surface area contributed by atoms with E-state index in [4.69, 9.17) is 0 Å². The fourth-order valence-corrected chi connectivity index (χ4v) is 3.69. The second-order valence-electron chi connectivity index (χ2n) is 5.28. The number of aryl methyl sites for hydroxylation is 2. The van der Waals surface area contributed by atoms with E-state index in [1.807, 2.05) is 44.2 Å². The van der Waals surface area contributed by atoms with Gasteiger partial charge in [-0.3, -0.25) is 4.79 Å². The van der Waals surface area contributed by atoms with Gasteiger partial charge in [-0.05, 0) is 43.7 Å². The molecule has 4 nitrogen and oxygen atoms in total. The number of benzene rings is 2. The Morgan fingerprint density at radius 1 is 1.00 bits per heavy atom. The minimum atomic E-state index is -0.0705. The Bertz CT molecular complexity index is 1080. The molecule has 22 heavy (non-hydrogen) atoms. The number of fused-ring (bicyclic) bond motifs is 2. The Labute approximate surface area is 130 Å².